The standard InChI is InChI=1S/C16H27N5O2.ClH/c1-19(2)11-14-12-20(8-9-23-14)16(22)15-5-7-21(18-15)13-4-3-6-17-10-13;/h5,7,13-14,17H,3-4,6,8-12H2,1-2H3;1H. The first-order valence-electron chi connectivity index (χ1n) is 8.45. The molecule has 2 aliphatic heterocycles. The first-order valence-corrected chi connectivity index (χ1v) is 8.45. The fourth-order valence-electron chi connectivity index (χ4n) is 3.30. The molecule has 0 bridgehead atoms. The molecule has 1 aromatic rings. The van der Waals surface area contributed by atoms with E-state index >= 15 is 0 Å². The Balaban J connectivity index is 0.00000208. The lowest BCUT2D eigenvalue weighted by molar-refractivity contribution is -0.0308. The first kappa shape index (κ1) is 19.2. The molecule has 2 aliphatic rings. The summed E-state index contributed by atoms with van der Waals surface area (Å²) in [4.78, 5) is 16.6. The SMILES string of the molecule is CN(C)CC1CN(C(=O)c2ccn(C3CCCNC3)n2)CCO1.Cl. The van der Waals surface area contributed by atoms with Crippen LogP contribution in [0.3, 0.4) is 0 Å². The number of nitrogens with one attached hydrogen (secondary N) is 1. The van der Waals surface area contributed by atoms with Gasteiger partial charge >= 0.3 is 0 Å². The van der Waals surface area contributed by atoms with E-state index in [9.17, 15) is 4.79 Å². The van der Waals surface area contributed by atoms with E-state index in [4.69, 9.17) is 4.74 Å². The summed E-state index contributed by atoms with van der Waals surface area (Å²) in [6.45, 7) is 4.70. The van der Waals surface area contributed by atoms with Gasteiger partial charge in [0.15, 0.2) is 0 Å². The largest absolute Gasteiger partial charge is 0.373 e. The van der Waals surface area contributed by atoms with Crippen molar-refractivity contribution in [2.45, 2.75) is 25.0 Å². The van der Waals surface area contributed by atoms with Crippen LogP contribution in [0.15, 0.2) is 12.3 Å². The lowest BCUT2D eigenvalue weighted by atomic mass is 10.1. The van der Waals surface area contributed by atoms with Crippen LogP contribution in [0.5, 0.6) is 0 Å². The highest BCUT2D eigenvalue weighted by molar-refractivity contribution is 5.92. The van der Waals surface area contributed by atoms with Crippen LogP contribution < -0.4 is 5.32 Å². The van der Waals surface area contributed by atoms with E-state index in [-0.39, 0.29) is 24.4 Å². The molecule has 24 heavy (non-hydrogen) atoms. The van der Waals surface area contributed by atoms with Crippen LogP contribution in [0, 0.1) is 0 Å². The molecule has 1 N–H and O–H groups in total. The van der Waals surface area contributed by atoms with Crippen molar-refractivity contribution >= 4 is 18.3 Å². The number of piperidine rings is 1. The van der Waals surface area contributed by atoms with Crippen LogP contribution in [0.25, 0.3) is 0 Å². The predicted octanol–water partition coefficient (Wildman–Crippen LogP) is 0.632. The minimum atomic E-state index is 0. The highest BCUT2D eigenvalue weighted by atomic mass is 35.5. The van der Waals surface area contributed by atoms with E-state index in [1.54, 1.807) is 0 Å². The third-order valence-corrected chi connectivity index (χ3v) is 4.47. The van der Waals surface area contributed by atoms with Crippen molar-refractivity contribution in [1.29, 1.82) is 0 Å². The Morgan fingerprint density at radius 2 is 2.33 bits per heavy atom. The molecule has 0 aliphatic carbocycles. The number of hydrogen-bond donors (Lipinski definition) is 1. The monoisotopic (exact) mass is 357 g/mol. The summed E-state index contributed by atoms with van der Waals surface area (Å²) < 4.78 is 7.68. The van der Waals surface area contributed by atoms with Crippen molar-refractivity contribution in [3.8, 4) is 0 Å². The number of ether oxygens (including phenoxy) is 1. The molecule has 2 fully saturated rings. The van der Waals surface area contributed by atoms with E-state index < -0.39 is 0 Å². The van der Waals surface area contributed by atoms with E-state index in [1.165, 1.54) is 0 Å². The van der Waals surface area contributed by atoms with Crippen molar-refractivity contribution in [3.63, 3.8) is 0 Å². The molecule has 0 saturated carbocycles. The van der Waals surface area contributed by atoms with Crippen LogP contribution in [-0.4, -0.2) is 85.0 Å². The number of carbonyl (C=O) groups is 1. The first-order chi connectivity index (χ1) is 11.1. The van der Waals surface area contributed by atoms with Crippen molar-refractivity contribution in [1.82, 2.24) is 24.9 Å². The number of carbonyl (C=O) groups excluding carboxylic acids is 1. The number of morpholine rings is 1. The number of halogens is 1. The molecular weight excluding hydrogens is 330 g/mol. The van der Waals surface area contributed by atoms with Crippen LogP contribution in [0.4, 0.5) is 0 Å². The molecule has 0 radical (unpaired) electrons. The lowest BCUT2D eigenvalue weighted by Gasteiger charge is -2.33. The minimum absolute atomic E-state index is 0. The predicted molar refractivity (Wildman–Crippen MR) is 94.8 cm³/mol. The lowest BCUT2D eigenvalue weighted by Crippen LogP contribution is -2.48. The summed E-state index contributed by atoms with van der Waals surface area (Å²) >= 11 is 0. The zero-order valence-corrected chi connectivity index (χ0v) is 15.3. The van der Waals surface area contributed by atoms with Crippen LogP contribution in [-0.2, 0) is 4.74 Å². The normalized spacial score (nSPS) is 24.7. The molecule has 2 atom stereocenters. The number of aromatic nitrogens is 2. The molecule has 2 saturated heterocycles. The molecule has 1 amide bonds. The molecule has 0 aromatic carbocycles. The number of rotatable bonds is 4. The second kappa shape index (κ2) is 8.80. The molecule has 1 aromatic heterocycles. The van der Waals surface area contributed by atoms with Gasteiger partial charge in [0.25, 0.3) is 5.91 Å². The maximum absolute atomic E-state index is 12.7. The second-order valence-electron chi connectivity index (χ2n) is 6.69. The highest BCUT2D eigenvalue weighted by Crippen LogP contribution is 2.17. The summed E-state index contributed by atoms with van der Waals surface area (Å²) in [6, 6.07) is 2.20. The zero-order chi connectivity index (χ0) is 16.2. The molecule has 3 heterocycles. The van der Waals surface area contributed by atoms with Gasteiger partial charge in [0.2, 0.25) is 0 Å². The quantitative estimate of drug-likeness (QED) is 0.856. The second-order valence-corrected chi connectivity index (χ2v) is 6.69. The molecule has 2 unspecified atom stereocenters. The van der Waals surface area contributed by atoms with Gasteiger partial charge in [-0.2, -0.15) is 5.10 Å². The topological polar surface area (TPSA) is 62.6 Å². The summed E-state index contributed by atoms with van der Waals surface area (Å²) in [5.74, 6) is 0.0135. The van der Waals surface area contributed by atoms with Crippen LogP contribution in [0.1, 0.15) is 29.4 Å². The van der Waals surface area contributed by atoms with Gasteiger partial charge < -0.3 is 19.9 Å². The molecule has 8 heteroatoms. The Kier molecular flexibility index (Phi) is 7.03. The number of hydrogen-bond acceptors (Lipinski definition) is 5. The van der Waals surface area contributed by atoms with Gasteiger partial charge in [-0.3, -0.25) is 9.48 Å². The smallest absolute Gasteiger partial charge is 0.274 e. The van der Waals surface area contributed by atoms with Crippen molar-refractivity contribution in [2.24, 2.45) is 0 Å². The number of likely N-dealkylation sites (N-methyl/N-ethyl adjacent to an activating group) is 1. The molecular formula is C16H28ClN5O2. The van der Waals surface area contributed by atoms with E-state index in [0.29, 0.717) is 31.4 Å². The Bertz CT molecular complexity index is 530. The highest BCUT2D eigenvalue weighted by Gasteiger charge is 2.27. The Morgan fingerprint density at radius 1 is 1.50 bits per heavy atom. The fourth-order valence-corrected chi connectivity index (χ4v) is 3.30. The Labute approximate surface area is 149 Å². The molecule has 136 valence electrons. The van der Waals surface area contributed by atoms with Crippen molar-refractivity contribution in [2.75, 3.05) is 53.4 Å². The third kappa shape index (κ3) is 4.69. The van der Waals surface area contributed by atoms with E-state index in [1.807, 2.05) is 35.9 Å². The Morgan fingerprint density at radius 3 is 3.04 bits per heavy atom. The van der Waals surface area contributed by atoms with Gasteiger partial charge in [0, 0.05) is 32.4 Å². The van der Waals surface area contributed by atoms with Gasteiger partial charge in [-0.15, -0.1) is 12.4 Å². The van der Waals surface area contributed by atoms with Gasteiger partial charge in [-0.1, -0.05) is 0 Å². The number of nitrogens with zero attached hydrogens (tertiary/aromatic N) is 4. The van der Waals surface area contributed by atoms with E-state index in [2.05, 4.69) is 15.3 Å². The molecule has 0 spiro atoms. The molecule has 7 nitrogen and oxygen atoms in total. The molecule has 3 rings (SSSR count). The fraction of sp³-hybridized carbons (Fsp3) is 0.750. The van der Waals surface area contributed by atoms with Gasteiger partial charge in [0.1, 0.15) is 5.69 Å². The summed E-state index contributed by atoms with van der Waals surface area (Å²) in [5.41, 5.74) is 0.543. The van der Waals surface area contributed by atoms with E-state index in [0.717, 1.165) is 32.5 Å². The average molecular weight is 358 g/mol. The third-order valence-electron chi connectivity index (χ3n) is 4.47. The van der Waals surface area contributed by atoms with Crippen LogP contribution in [0.2, 0.25) is 0 Å². The van der Waals surface area contributed by atoms with Crippen LogP contribution >= 0.6 is 12.4 Å². The zero-order valence-electron chi connectivity index (χ0n) is 14.5. The van der Waals surface area contributed by atoms with Gasteiger partial charge in [0.05, 0.1) is 18.8 Å². The maximum Gasteiger partial charge on any atom is 0.274 e. The number of amides is 1. The minimum Gasteiger partial charge on any atom is -0.373 e. The summed E-state index contributed by atoms with van der Waals surface area (Å²) in [7, 11) is 4.04. The maximum atomic E-state index is 12.7. The Hall–Kier alpha value is -1.15. The van der Waals surface area contributed by atoms with Crippen molar-refractivity contribution in [3.05, 3.63) is 18.0 Å². The van der Waals surface area contributed by atoms with Gasteiger partial charge in [-0.05, 0) is 39.5 Å². The van der Waals surface area contributed by atoms with Gasteiger partial charge in [-0.25, -0.2) is 0 Å². The van der Waals surface area contributed by atoms with Crippen molar-refractivity contribution < 1.29 is 9.53 Å². The average Bonchev–Trinajstić information content (AvgIpc) is 3.04. The summed E-state index contributed by atoms with van der Waals surface area (Å²) in [6.07, 6.45) is 4.28. The summed E-state index contributed by atoms with van der Waals surface area (Å²) in [5, 5.41) is 7.91.